The number of carbonyl (C=O) groups is 1. The van der Waals surface area contributed by atoms with Gasteiger partial charge in [-0.15, -0.1) is 0 Å². The number of benzene rings is 1. The molecule has 9 heteroatoms. The molecule has 1 aromatic carbocycles. The molecule has 0 bridgehead atoms. The van der Waals surface area contributed by atoms with Gasteiger partial charge in [0, 0.05) is 12.6 Å². The Morgan fingerprint density at radius 3 is 2.96 bits per heavy atom. The van der Waals surface area contributed by atoms with E-state index in [1.807, 2.05) is 13.1 Å². The monoisotopic (exact) mass is 417 g/mol. The fraction of sp³-hybridized carbons (Fsp3) is 0.412. The average molecular weight is 418 g/mol. The van der Waals surface area contributed by atoms with Crippen LogP contribution in [0.1, 0.15) is 27.7 Å². The van der Waals surface area contributed by atoms with E-state index in [0.717, 1.165) is 29.9 Å². The van der Waals surface area contributed by atoms with Crippen molar-refractivity contribution in [2.75, 3.05) is 32.6 Å². The van der Waals surface area contributed by atoms with Crippen molar-refractivity contribution in [1.82, 2.24) is 9.88 Å². The molecule has 0 spiro atoms. The van der Waals surface area contributed by atoms with Crippen molar-refractivity contribution in [3.8, 4) is 0 Å². The average Bonchev–Trinajstić information content (AvgIpc) is 3.17. The van der Waals surface area contributed by atoms with Gasteiger partial charge in [0.25, 0.3) is 0 Å². The highest BCUT2D eigenvalue weighted by Crippen LogP contribution is 2.37. The molecule has 2 atom stereocenters. The van der Waals surface area contributed by atoms with Crippen LogP contribution in [0.4, 0.5) is 9.52 Å². The summed E-state index contributed by atoms with van der Waals surface area (Å²) in [5.74, 6) is -0.661. The highest BCUT2D eigenvalue weighted by atomic mass is 35.5. The Bertz CT molecular complexity index is 817. The number of esters is 1. The molecule has 0 amide bonds. The summed E-state index contributed by atoms with van der Waals surface area (Å²) in [6.07, 6.45) is 0.960. The van der Waals surface area contributed by atoms with Gasteiger partial charge in [-0.05, 0) is 43.6 Å². The fourth-order valence-electron chi connectivity index (χ4n) is 3.28. The predicted molar refractivity (Wildman–Crippen MR) is 102 cm³/mol. The highest BCUT2D eigenvalue weighted by molar-refractivity contribution is 7.18. The molecule has 0 radical (unpaired) electrons. The van der Waals surface area contributed by atoms with Gasteiger partial charge < -0.3 is 10.1 Å². The molecule has 1 N–H and O–H groups in total. The quantitative estimate of drug-likeness (QED) is 0.726. The molecular weight excluding hydrogens is 400 g/mol. The Balaban J connectivity index is 1.72. The molecular formula is C17H18Cl2FN3O2S. The summed E-state index contributed by atoms with van der Waals surface area (Å²) in [6, 6.07) is 5.02. The predicted octanol–water partition coefficient (Wildman–Crippen LogP) is 4.48. The van der Waals surface area contributed by atoms with Crippen LogP contribution >= 0.6 is 34.5 Å². The SMILES string of the molecule is COC(=O)c1sc(NCC2CCN(C)C2c2ccc(Cl)c(F)c2)nc1Cl. The molecule has 2 aromatic rings. The maximum Gasteiger partial charge on any atom is 0.351 e. The summed E-state index contributed by atoms with van der Waals surface area (Å²) < 4.78 is 18.5. The minimum atomic E-state index is -0.504. The molecule has 3 rings (SSSR count). The number of likely N-dealkylation sites (tertiary alicyclic amines) is 1. The summed E-state index contributed by atoms with van der Waals surface area (Å²) in [4.78, 5) is 18.3. The summed E-state index contributed by atoms with van der Waals surface area (Å²) in [5, 5.41) is 4.05. The lowest BCUT2D eigenvalue weighted by molar-refractivity contribution is 0.0606. The lowest BCUT2D eigenvalue weighted by Gasteiger charge is -2.26. The van der Waals surface area contributed by atoms with Gasteiger partial charge in [-0.2, -0.15) is 0 Å². The molecule has 0 saturated carbocycles. The van der Waals surface area contributed by atoms with Gasteiger partial charge in [0.2, 0.25) is 0 Å². The van der Waals surface area contributed by atoms with Crippen LogP contribution in [-0.2, 0) is 4.74 Å². The van der Waals surface area contributed by atoms with Crippen LogP contribution in [0.2, 0.25) is 10.2 Å². The number of hydrogen-bond donors (Lipinski definition) is 1. The number of thiazole rings is 1. The lowest BCUT2D eigenvalue weighted by Crippen LogP contribution is -2.25. The van der Waals surface area contributed by atoms with Gasteiger partial charge in [-0.3, -0.25) is 4.90 Å². The number of nitrogens with one attached hydrogen (secondary N) is 1. The third-order valence-corrected chi connectivity index (χ3v) is 6.22. The van der Waals surface area contributed by atoms with Crippen molar-refractivity contribution in [3.63, 3.8) is 0 Å². The zero-order chi connectivity index (χ0) is 18.8. The molecule has 2 unspecified atom stereocenters. The smallest absolute Gasteiger partial charge is 0.351 e. The molecule has 0 aliphatic carbocycles. The number of nitrogens with zero attached hydrogens (tertiary/aromatic N) is 2. The van der Waals surface area contributed by atoms with Crippen LogP contribution in [0.5, 0.6) is 0 Å². The molecule has 2 heterocycles. The molecule has 26 heavy (non-hydrogen) atoms. The van der Waals surface area contributed by atoms with E-state index in [1.165, 1.54) is 13.2 Å². The Labute approximate surface area is 165 Å². The van der Waals surface area contributed by atoms with Crippen molar-refractivity contribution in [2.45, 2.75) is 12.5 Å². The number of methoxy groups -OCH3 is 1. The first-order valence-electron chi connectivity index (χ1n) is 8.04. The lowest BCUT2D eigenvalue weighted by atomic mass is 9.93. The van der Waals surface area contributed by atoms with E-state index in [0.29, 0.717) is 11.7 Å². The van der Waals surface area contributed by atoms with E-state index >= 15 is 0 Å². The number of ether oxygens (including phenoxy) is 1. The summed E-state index contributed by atoms with van der Waals surface area (Å²) >= 11 is 12.9. The second-order valence-corrected chi connectivity index (χ2v) is 7.92. The van der Waals surface area contributed by atoms with Crippen LogP contribution in [0.15, 0.2) is 18.2 Å². The van der Waals surface area contributed by atoms with Crippen molar-refractivity contribution < 1.29 is 13.9 Å². The molecule has 1 saturated heterocycles. The largest absolute Gasteiger partial charge is 0.465 e. The van der Waals surface area contributed by atoms with Crippen LogP contribution in [0.25, 0.3) is 0 Å². The molecule has 1 aliphatic heterocycles. The minimum absolute atomic E-state index is 0.0739. The zero-order valence-electron chi connectivity index (χ0n) is 14.3. The van der Waals surface area contributed by atoms with Crippen LogP contribution in [-0.4, -0.2) is 43.1 Å². The zero-order valence-corrected chi connectivity index (χ0v) is 16.6. The standard InChI is InChI=1S/C17H18Cl2FN3O2S/c1-23-6-5-10(13(23)9-3-4-11(18)12(20)7-9)8-21-17-22-15(19)14(26-17)16(24)25-2/h3-4,7,10,13H,5-6,8H2,1-2H3,(H,21,22). The Morgan fingerprint density at radius 1 is 1.50 bits per heavy atom. The number of anilines is 1. The van der Waals surface area contributed by atoms with Crippen LogP contribution < -0.4 is 5.32 Å². The third-order valence-electron chi connectivity index (χ3n) is 4.53. The number of halogens is 3. The van der Waals surface area contributed by atoms with E-state index in [2.05, 4.69) is 19.9 Å². The maximum absolute atomic E-state index is 13.9. The number of aromatic nitrogens is 1. The van der Waals surface area contributed by atoms with Gasteiger partial charge in [-0.25, -0.2) is 14.2 Å². The maximum atomic E-state index is 13.9. The summed E-state index contributed by atoms with van der Waals surface area (Å²) in [5.41, 5.74) is 0.895. The van der Waals surface area contributed by atoms with E-state index in [4.69, 9.17) is 23.2 Å². The Kier molecular flexibility index (Phi) is 6.02. The van der Waals surface area contributed by atoms with Gasteiger partial charge >= 0.3 is 5.97 Å². The van der Waals surface area contributed by atoms with E-state index in [1.54, 1.807) is 6.07 Å². The van der Waals surface area contributed by atoms with Gasteiger partial charge in [0.05, 0.1) is 12.1 Å². The number of hydrogen-bond acceptors (Lipinski definition) is 6. The van der Waals surface area contributed by atoms with Gasteiger partial charge in [0.15, 0.2) is 15.2 Å². The highest BCUT2D eigenvalue weighted by Gasteiger charge is 2.33. The first-order chi connectivity index (χ1) is 12.4. The topological polar surface area (TPSA) is 54.5 Å². The number of rotatable bonds is 5. The Hall–Kier alpha value is -1.41. The molecule has 1 aliphatic rings. The van der Waals surface area contributed by atoms with E-state index in [9.17, 15) is 9.18 Å². The van der Waals surface area contributed by atoms with Crippen LogP contribution in [0.3, 0.4) is 0 Å². The van der Waals surface area contributed by atoms with Gasteiger partial charge in [0.1, 0.15) is 5.82 Å². The van der Waals surface area contributed by atoms with Crippen molar-refractivity contribution in [1.29, 1.82) is 0 Å². The Morgan fingerprint density at radius 2 is 2.27 bits per heavy atom. The van der Waals surface area contributed by atoms with Crippen molar-refractivity contribution in [2.24, 2.45) is 5.92 Å². The van der Waals surface area contributed by atoms with Gasteiger partial charge in [-0.1, -0.05) is 40.6 Å². The third kappa shape index (κ3) is 3.96. The first kappa shape index (κ1) is 19.4. The summed E-state index contributed by atoms with van der Waals surface area (Å²) in [6.45, 7) is 1.54. The normalized spacial score (nSPS) is 20.3. The molecule has 5 nitrogen and oxygen atoms in total. The molecule has 1 aromatic heterocycles. The molecule has 1 fully saturated rings. The second kappa shape index (κ2) is 8.08. The second-order valence-electron chi connectivity index (χ2n) is 6.16. The van der Waals surface area contributed by atoms with Crippen molar-refractivity contribution >= 4 is 45.6 Å². The number of carbonyl (C=O) groups excluding carboxylic acids is 1. The molecule has 140 valence electrons. The fourth-order valence-corrected chi connectivity index (χ4v) is 4.50. The summed E-state index contributed by atoms with van der Waals surface area (Å²) in [7, 11) is 3.32. The minimum Gasteiger partial charge on any atom is -0.465 e. The van der Waals surface area contributed by atoms with E-state index < -0.39 is 11.8 Å². The first-order valence-corrected chi connectivity index (χ1v) is 9.61. The van der Waals surface area contributed by atoms with E-state index in [-0.39, 0.29) is 27.0 Å². The van der Waals surface area contributed by atoms with Crippen LogP contribution in [0, 0.1) is 11.7 Å². The van der Waals surface area contributed by atoms with Crippen molar-refractivity contribution in [3.05, 3.63) is 44.6 Å².